The fraction of sp³-hybridized carbons (Fsp3) is 0. The molecule has 3 aromatic heterocycles. The molecule has 4 aromatic rings. The Hall–Kier alpha value is -3.27. The van der Waals surface area contributed by atoms with Crippen LogP contribution in [0.2, 0.25) is 0 Å². The lowest BCUT2D eigenvalue weighted by molar-refractivity contribution is -0.604. The number of aromatic nitrogens is 3. The van der Waals surface area contributed by atoms with Gasteiger partial charge in [-0.3, -0.25) is 9.97 Å². The summed E-state index contributed by atoms with van der Waals surface area (Å²) in [6.45, 7) is 0. The maximum Gasteiger partial charge on any atom is 0.188 e. The molecule has 1 aromatic carbocycles. The first-order valence-electron chi connectivity index (χ1n) is 7.30. The maximum atomic E-state index is 11.5. The van der Waals surface area contributed by atoms with Gasteiger partial charge in [0.2, 0.25) is 0 Å². The molecule has 4 rings (SSSR count). The highest BCUT2D eigenvalue weighted by Crippen LogP contribution is 2.30. The Morgan fingerprint density at radius 2 is 1.70 bits per heavy atom. The molecule has 4 heteroatoms. The van der Waals surface area contributed by atoms with E-state index in [0.29, 0.717) is 0 Å². The van der Waals surface area contributed by atoms with E-state index in [4.69, 9.17) is 0 Å². The standard InChI is InChI=1S/C19H13N3O/c23-22-11-1-2-16(13-22)15-3-4-19-18(12-15)17(7-10-21-19)14-5-8-20-9-6-14/h1-13H. The average Bonchev–Trinajstić information content (AvgIpc) is 2.61. The highest BCUT2D eigenvalue weighted by Gasteiger charge is 2.08. The van der Waals surface area contributed by atoms with Gasteiger partial charge in [0.05, 0.1) is 5.52 Å². The number of benzene rings is 1. The third-order valence-electron chi connectivity index (χ3n) is 3.84. The van der Waals surface area contributed by atoms with Gasteiger partial charge in [-0.2, -0.15) is 4.73 Å². The number of pyridine rings is 3. The highest BCUT2D eigenvalue weighted by atomic mass is 16.5. The summed E-state index contributed by atoms with van der Waals surface area (Å²) in [6, 6.07) is 15.7. The highest BCUT2D eigenvalue weighted by molar-refractivity contribution is 5.96. The number of hydrogen-bond donors (Lipinski definition) is 0. The fourth-order valence-electron chi connectivity index (χ4n) is 2.73. The van der Waals surface area contributed by atoms with Gasteiger partial charge in [-0.1, -0.05) is 6.07 Å². The van der Waals surface area contributed by atoms with Gasteiger partial charge in [-0.25, -0.2) is 0 Å². The third-order valence-corrected chi connectivity index (χ3v) is 3.84. The minimum atomic E-state index is 0.812. The van der Waals surface area contributed by atoms with Crippen LogP contribution in [0.4, 0.5) is 0 Å². The van der Waals surface area contributed by atoms with Crippen LogP contribution in [0, 0.1) is 5.21 Å². The van der Waals surface area contributed by atoms with E-state index in [1.54, 1.807) is 24.7 Å². The van der Waals surface area contributed by atoms with Crippen LogP contribution in [-0.2, 0) is 0 Å². The number of fused-ring (bicyclic) bond motifs is 1. The zero-order chi connectivity index (χ0) is 15.6. The van der Waals surface area contributed by atoms with Gasteiger partial charge in [0, 0.05) is 35.6 Å². The Morgan fingerprint density at radius 3 is 2.52 bits per heavy atom. The summed E-state index contributed by atoms with van der Waals surface area (Å²) in [6.07, 6.45) is 8.43. The van der Waals surface area contributed by atoms with Crippen LogP contribution in [0.25, 0.3) is 33.2 Å². The molecule has 3 heterocycles. The second kappa shape index (κ2) is 5.50. The molecule has 0 amide bonds. The molecule has 0 bridgehead atoms. The smallest absolute Gasteiger partial charge is 0.188 e. The van der Waals surface area contributed by atoms with Crippen molar-refractivity contribution in [3.8, 4) is 22.3 Å². The summed E-state index contributed by atoms with van der Waals surface area (Å²) in [7, 11) is 0. The SMILES string of the molecule is [O-][n+]1cccc(-c2ccc3nccc(-c4ccncc4)c3c2)c1. The van der Waals surface area contributed by atoms with Crippen molar-refractivity contribution in [1.82, 2.24) is 9.97 Å². The van der Waals surface area contributed by atoms with Gasteiger partial charge in [-0.05, 0) is 53.1 Å². The Morgan fingerprint density at radius 1 is 0.826 bits per heavy atom. The molecule has 0 N–H and O–H groups in total. The van der Waals surface area contributed by atoms with Gasteiger partial charge in [0.25, 0.3) is 0 Å². The predicted octanol–water partition coefficient (Wildman–Crippen LogP) is 3.60. The van der Waals surface area contributed by atoms with Crippen LogP contribution in [0.1, 0.15) is 0 Å². The van der Waals surface area contributed by atoms with E-state index in [2.05, 4.69) is 16.0 Å². The minimum absolute atomic E-state index is 0.812. The zero-order valence-electron chi connectivity index (χ0n) is 12.3. The molecular formula is C19H13N3O. The Bertz CT molecular complexity index is 984. The number of rotatable bonds is 2. The molecule has 0 fully saturated rings. The van der Waals surface area contributed by atoms with Crippen LogP contribution in [0.5, 0.6) is 0 Å². The van der Waals surface area contributed by atoms with E-state index >= 15 is 0 Å². The second-order valence-electron chi connectivity index (χ2n) is 5.28. The first kappa shape index (κ1) is 13.4. The molecule has 0 aliphatic carbocycles. The van der Waals surface area contributed by atoms with Crippen LogP contribution in [0.15, 0.2) is 79.5 Å². The fourth-order valence-corrected chi connectivity index (χ4v) is 2.73. The maximum absolute atomic E-state index is 11.5. The minimum Gasteiger partial charge on any atom is -0.619 e. The molecule has 0 spiro atoms. The van der Waals surface area contributed by atoms with Gasteiger partial charge < -0.3 is 5.21 Å². The quantitative estimate of drug-likeness (QED) is 0.420. The van der Waals surface area contributed by atoms with Crippen molar-refractivity contribution < 1.29 is 4.73 Å². The van der Waals surface area contributed by atoms with Crippen molar-refractivity contribution in [2.75, 3.05) is 0 Å². The zero-order valence-corrected chi connectivity index (χ0v) is 12.3. The van der Waals surface area contributed by atoms with Crippen molar-refractivity contribution >= 4 is 10.9 Å². The van der Waals surface area contributed by atoms with E-state index in [0.717, 1.165) is 37.9 Å². The molecule has 0 radical (unpaired) electrons. The number of nitrogens with zero attached hydrogens (tertiary/aromatic N) is 3. The topological polar surface area (TPSA) is 52.7 Å². The van der Waals surface area contributed by atoms with E-state index in [9.17, 15) is 5.21 Å². The molecule has 23 heavy (non-hydrogen) atoms. The Kier molecular flexibility index (Phi) is 3.20. The normalized spacial score (nSPS) is 10.8. The summed E-state index contributed by atoms with van der Waals surface area (Å²) in [5.41, 5.74) is 5.00. The molecule has 0 saturated heterocycles. The van der Waals surface area contributed by atoms with Gasteiger partial charge in [0.15, 0.2) is 12.4 Å². The molecule has 4 nitrogen and oxygen atoms in total. The molecular weight excluding hydrogens is 286 g/mol. The Balaban J connectivity index is 1.94. The van der Waals surface area contributed by atoms with E-state index < -0.39 is 0 Å². The van der Waals surface area contributed by atoms with Crippen LogP contribution >= 0.6 is 0 Å². The molecule has 0 unspecified atom stereocenters. The van der Waals surface area contributed by atoms with Gasteiger partial charge >= 0.3 is 0 Å². The lowest BCUT2D eigenvalue weighted by atomic mass is 9.98. The first-order valence-corrected chi connectivity index (χ1v) is 7.30. The summed E-state index contributed by atoms with van der Waals surface area (Å²) in [4.78, 5) is 8.51. The van der Waals surface area contributed by atoms with E-state index in [1.165, 1.54) is 6.20 Å². The van der Waals surface area contributed by atoms with Crippen molar-refractivity contribution in [2.24, 2.45) is 0 Å². The Labute approximate surface area is 133 Å². The summed E-state index contributed by atoms with van der Waals surface area (Å²) in [5, 5.41) is 12.6. The van der Waals surface area contributed by atoms with Crippen LogP contribution < -0.4 is 4.73 Å². The lowest BCUT2D eigenvalue weighted by Crippen LogP contribution is -2.23. The predicted molar refractivity (Wildman–Crippen MR) is 89.4 cm³/mol. The monoisotopic (exact) mass is 299 g/mol. The molecule has 0 saturated carbocycles. The summed E-state index contributed by atoms with van der Waals surface area (Å²) in [5.74, 6) is 0. The molecule has 110 valence electrons. The molecule has 0 atom stereocenters. The van der Waals surface area contributed by atoms with Gasteiger partial charge in [-0.15, -0.1) is 0 Å². The third kappa shape index (κ3) is 2.51. The van der Waals surface area contributed by atoms with Gasteiger partial charge in [0.1, 0.15) is 0 Å². The van der Waals surface area contributed by atoms with Crippen LogP contribution in [0.3, 0.4) is 0 Å². The van der Waals surface area contributed by atoms with Crippen molar-refractivity contribution in [1.29, 1.82) is 0 Å². The van der Waals surface area contributed by atoms with Crippen molar-refractivity contribution in [2.45, 2.75) is 0 Å². The second-order valence-corrected chi connectivity index (χ2v) is 5.28. The summed E-state index contributed by atoms with van der Waals surface area (Å²) < 4.78 is 0.812. The average molecular weight is 299 g/mol. The first-order chi connectivity index (χ1) is 11.3. The van der Waals surface area contributed by atoms with Crippen LogP contribution in [-0.4, -0.2) is 9.97 Å². The van der Waals surface area contributed by atoms with Crippen molar-refractivity contribution in [3.63, 3.8) is 0 Å². The lowest BCUT2D eigenvalue weighted by Gasteiger charge is -2.08. The van der Waals surface area contributed by atoms with E-state index in [-0.39, 0.29) is 0 Å². The molecule has 0 aliphatic rings. The number of hydrogen-bond acceptors (Lipinski definition) is 3. The van der Waals surface area contributed by atoms with Crippen molar-refractivity contribution in [3.05, 3.63) is 84.7 Å². The summed E-state index contributed by atoms with van der Waals surface area (Å²) >= 11 is 0. The largest absolute Gasteiger partial charge is 0.619 e. The van der Waals surface area contributed by atoms with E-state index in [1.807, 2.05) is 42.6 Å². The molecule has 0 aliphatic heterocycles.